The Kier molecular flexibility index (Phi) is 7.13. The van der Waals surface area contributed by atoms with Crippen LogP contribution in [0.2, 0.25) is 0 Å². The lowest BCUT2D eigenvalue weighted by atomic mass is 10.2. The van der Waals surface area contributed by atoms with Crippen molar-refractivity contribution in [1.82, 2.24) is 0 Å². The number of rotatable bonds is 8. The first-order valence-corrected chi connectivity index (χ1v) is 7.38. The normalized spacial score (nSPS) is 10.8. The highest BCUT2D eigenvalue weighted by molar-refractivity contribution is 7.99. The molecule has 2 nitrogen and oxygen atoms in total. The average Bonchev–Trinajstić information content (AvgIpc) is 2.33. The Morgan fingerprint density at radius 3 is 2.76 bits per heavy atom. The van der Waals surface area contributed by atoms with Crippen molar-refractivity contribution < 1.29 is 4.74 Å². The first kappa shape index (κ1) is 14.4. The van der Waals surface area contributed by atoms with Crippen LogP contribution in [-0.4, -0.2) is 18.1 Å². The first-order chi connectivity index (χ1) is 8.24. The van der Waals surface area contributed by atoms with Gasteiger partial charge in [-0.15, -0.1) is 0 Å². The zero-order valence-corrected chi connectivity index (χ0v) is 11.6. The van der Waals surface area contributed by atoms with Crippen molar-refractivity contribution in [2.45, 2.75) is 26.8 Å². The molecule has 0 aliphatic rings. The van der Waals surface area contributed by atoms with Gasteiger partial charge in [0.05, 0.1) is 6.61 Å². The maximum atomic E-state index is 5.74. The Balaban J connectivity index is 2.17. The zero-order valence-electron chi connectivity index (χ0n) is 10.8. The van der Waals surface area contributed by atoms with Crippen molar-refractivity contribution in [3.05, 3.63) is 29.8 Å². The third kappa shape index (κ3) is 5.99. The minimum absolute atomic E-state index is 0.540. The van der Waals surface area contributed by atoms with Gasteiger partial charge in [0, 0.05) is 12.1 Å². The van der Waals surface area contributed by atoms with E-state index in [0.717, 1.165) is 30.3 Å². The summed E-state index contributed by atoms with van der Waals surface area (Å²) in [5, 5.41) is 0. The SMILES string of the molecule is CC(C)CSCCCOc1ccccc1CN. The molecule has 0 amide bonds. The van der Waals surface area contributed by atoms with E-state index in [2.05, 4.69) is 13.8 Å². The van der Waals surface area contributed by atoms with E-state index in [-0.39, 0.29) is 0 Å². The van der Waals surface area contributed by atoms with Crippen LogP contribution in [0.1, 0.15) is 25.8 Å². The van der Waals surface area contributed by atoms with E-state index >= 15 is 0 Å². The molecule has 96 valence electrons. The van der Waals surface area contributed by atoms with Crippen LogP contribution >= 0.6 is 11.8 Å². The largest absolute Gasteiger partial charge is 0.493 e. The highest BCUT2D eigenvalue weighted by Crippen LogP contribution is 2.17. The minimum atomic E-state index is 0.540. The second kappa shape index (κ2) is 8.43. The summed E-state index contributed by atoms with van der Waals surface area (Å²) >= 11 is 2.00. The van der Waals surface area contributed by atoms with Gasteiger partial charge in [-0.25, -0.2) is 0 Å². The summed E-state index contributed by atoms with van der Waals surface area (Å²) in [5.41, 5.74) is 6.74. The molecule has 1 aromatic rings. The molecular formula is C14H23NOS. The van der Waals surface area contributed by atoms with Crippen LogP contribution in [0.15, 0.2) is 24.3 Å². The second-order valence-corrected chi connectivity index (χ2v) is 5.63. The Bertz CT molecular complexity index is 315. The van der Waals surface area contributed by atoms with Gasteiger partial charge in [-0.05, 0) is 29.9 Å². The Morgan fingerprint density at radius 2 is 2.06 bits per heavy atom. The summed E-state index contributed by atoms with van der Waals surface area (Å²) in [6, 6.07) is 7.99. The van der Waals surface area contributed by atoms with Gasteiger partial charge in [0.1, 0.15) is 5.75 Å². The van der Waals surface area contributed by atoms with E-state index in [1.807, 2.05) is 36.0 Å². The Morgan fingerprint density at radius 1 is 1.29 bits per heavy atom. The molecule has 0 radical (unpaired) electrons. The maximum Gasteiger partial charge on any atom is 0.123 e. The fourth-order valence-electron chi connectivity index (χ4n) is 1.48. The van der Waals surface area contributed by atoms with Crippen molar-refractivity contribution in [1.29, 1.82) is 0 Å². The molecule has 2 N–H and O–H groups in total. The minimum Gasteiger partial charge on any atom is -0.493 e. The molecule has 1 aromatic carbocycles. The number of para-hydroxylation sites is 1. The molecule has 0 fully saturated rings. The van der Waals surface area contributed by atoms with Gasteiger partial charge >= 0.3 is 0 Å². The lowest BCUT2D eigenvalue weighted by Gasteiger charge is -2.10. The smallest absolute Gasteiger partial charge is 0.123 e. The number of ether oxygens (including phenoxy) is 1. The van der Waals surface area contributed by atoms with Gasteiger partial charge in [-0.2, -0.15) is 11.8 Å². The van der Waals surface area contributed by atoms with Crippen molar-refractivity contribution in [2.24, 2.45) is 11.7 Å². The molecule has 3 heteroatoms. The molecule has 0 spiro atoms. The van der Waals surface area contributed by atoms with Crippen LogP contribution < -0.4 is 10.5 Å². The highest BCUT2D eigenvalue weighted by atomic mass is 32.2. The van der Waals surface area contributed by atoms with Crippen molar-refractivity contribution in [2.75, 3.05) is 18.1 Å². The highest BCUT2D eigenvalue weighted by Gasteiger charge is 2.00. The number of hydrogen-bond acceptors (Lipinski definition) is 3. The van der Waals surface area contributed by atoms with Crippen LogP contribution in [0.5, 0.6) is 5.75 Å². The molecule has 1 rings (SSSR count). The van der Waals surface area contributed by atoms with Gasteiger partial charge in [-0.3, -0.25) is 0 Å². The van der Waals surface area contributed by atoms with Crippen LogP contribution in [0.25, 0.3) is 0 Å². The second-order valence-electron chi connectivity index (χ2n) is 4.48. The Labute approximate surface area is 109 Å². The molecule has 0 saturated carbocycles. The molecule has 0 atom stereocenters. The molecule has 0 aliphatic carbocycles. The monoisotopic (exact) mass is 253 g/mol. The van der Waals surface area contributed by atoms with Crippen LogP contribution in [0.4, 0.5) is 0 Å². The predicted octanol–water partition coefficient (Wildman–Crippen LogP) is 3.30. The standard InChI is InChI=1S/C14H23NOS/c1-12(2)11-17-9-5-8-16-14-7-4-3-6-13(14)10-15/h3-4,6-7,12H,5,8-11,15H2,1-2H3. The third-order valence-electron chi connectivity index (χ3n) is 2.33. The molecular weight excluding hydrogens is 230 g/mol. The molecule has 0 aromatic heterocycles. The zero-order chi connectivity index (χ0) is 12.5. The average molecular weight is 253 g/mol. The van der Waals surface area contributed by atoms with E-state index in [0.29, 0.717) is 6.54 Å². The molecule has 0 aliphatic heterocycles. The van der Waals surface area contributed by atoms with Gasteiger partial charge in [0.2, 0.25) is 0 Å². The first-order valence-electron chi connectivity index (χ1n) is 6.22. The maximum absolute atomic E-state index is 5.74. The molecule has 0 bridgehead atoms. The van der Waals surface area contributed by atoms with Crippen LogP contribution in [0, 0.1) is 5.92 Å². The number of nitrogens with two attached hydrogens (primary N) is 1. The molecule has 0 unspecified atom stereocenters. The van der Waals surface area contributed by atoms with E-state index in [9.17, 15) is 0 Å². The predicted molar refractivity (Wildman–Crippen MR) is 76.6 cm³/mol. The van der Waals surface area contributed by atoms with E-state index in [1.165, 1.54) is 11.5 Å². The van der Waals surface area contributed by atoms with Crippen molar-refractivity contribution >= 4 is 11.8 Å². The number of hydrogen-bond donors (Lipinski definition) is 1. The lowest BCUT2D eigenvalue weighted by Crippen LogP contribution is -2.04. The van der Waals surface area contributed by atoms with Crippen LogP contribution in [0.3, 0.4) is 0 Å². The molecule has 17 heavy (non-hydrogen) atoms. The fraction of sp³-hybridized carbons (Fsp3) is 0.571. The summed E-state index contributed by atoms with van der Waals surface area (Å²) in [6.45, 7) is 5.82. The van der Waals surface area contributed by atoms with E-state index in [4.69, 9.17) is 10.5 Å². The summed E-state index contributed by atoms with van der Waals surface area (Å²) in [5.74, 6) is 4.12. The summed E-state index contributed by atoms with van der Waals surface area (Å²) in [6.07, 6.45) is 1.09. The van der Waals surface area contributed by atoms with Gasteiger partial charge in [-0.1, -0.05) is 32.0 Å². The lowest BCUT2D eigenvalue weighted by molar-refractivity contribution is 0.315. The molecule has 0 heterocycles. The number of benzene rings is 1. The van der Waals surface area contributed by atoms with E-state index < -0.39 is 0 Å². The Hall–Kier alpha value is -0.670. The molecule has 0 saturated heterocycles. The summed E-state index contributed by atoms with van der Waals surface area (Å²) in [7, 11) is 0. The number of thioether (sulfide) groups is 1. The summed E-state index contributed by atoms with van der Waals surface area (Å²) < 4.78 is 5.74. The quantitative estimate of drug-likeness (QED) is 0.722. The topological polar surface area (TPSA) is 35.2 Å². The van der Waals surface area contributed by atoms with Gasteiger partial charge in [0.15, 0.2) is 0 Å². The third-order valence-corrected chi connectivity index (χ3v) is 3.81. The summed E-state index contributed by atoms with van der Waals surface area (Å²) in [4.78, 5) is 0. The van der Waals surface area contributed by atoms with Crippen molar-refractivity contribution in [3.8, 4) is 5.75 Å². The fourth-order valence-corrected chi connectivity index (χ4v) is 2.44. The van der Waals surface area contributed by atoms with E-state index in [1.54, 1.807) is 0 Å². The van der Waals surface area contributed by atoms with Gasteiger partial charge < -0.3 is 10.5 Å². The van der Waals surface area contributed by atoms with Crippen molar-refractivity contribution in [3.63, 3.8) is 0 Å². The van der Waals surface area contributed by atoms with Gasteiger partial charge in [0.25, 0.3) is 0 Å². The van der Waals surface area contributed by atoms with Crippen LogP contribution in [-0.2, 0) is 6.54 Å².